The summed E-state index contributed by atoms with van der Waals surface area (Å²) in [5, 5.41) is 14.7. The summed E-state index contributed by atoms with van der Waals surface area (Å²) in [6.45, 7) is 2.88. The largest absolute Gasteiger partial charge is 0.487 e. The molecule has 0 unspecified atom stereocenters. The van der Waals surface area contributed by atoms with Crippen LogP contribution in [0.15, 0.2) is 54.2 Å². The fourth-order valence-corrected chi connectivity index (χ4v) is 4.20. The molecule has 8 heteroatoms. The number of aromatic nitrogens is 4. The summed E-state index contributed by atoms with van der Waals surface area (Å²) in [6.07, 6.45) is 16.9. The zero-order valence-corrected chi connectivity index (χ0v) is 20.0. The maximum atomic E-state index is 6.17. The smallest absolute Gasteiger partial charge is 0.154 e. The van der Waals surface area contributed by atoms with Crippen LogP contribution in [0, 0.1) is 12.3 Å². The Morgan fingerprint density at radius 3 is 2.68 bits per heavy atom. The van der Waals surface area contributed by atoms with Crippen molar-refractivity contribution in [3.63, 3.8) is 0 Å². The Kier molecular flexibility index (Phi) is 7.43. The van der Waals surface area contributed by atoms with Gasteiger partial charge in [-0.25, -0.2) is 9.97 Å². The second-order valence-electron chi connectivity index (χ2n) is 8.43. The van der Waals surface area contributed by atoms with Crippen molar-refractivity contribution in [2.75, 3.05) is 18.9 Å². The molecule has 0 aliphatic heterocycles. The van der Waals surface area contributed by atoms with Gasteiger partial charge in [-0.15, -0.1) is 6.42 Å². The van der Waals surface area contributed by atoms with E-state index in [1.54, 1.807) is 10.9 Å². The van der Waals surface area contributed by atoms with Gasteiger partial charge in [0, 0.05) is 56.4 Å². The molecule has 34 heavy (non-hydrogen) atoms. The van der Waals surface area contributed by atoms with Gasteiger partial charge < -0.3 is 10.1 Å². The highest BCUT2D eigenvalue weighted by Crippen LogP contribution is 2.28. The van der Waals surface area contributed by atoms with Crippen LogP contribution in [0.2, 0.25) is 0 Å². The molecule has 0 saturated heterocycles. The molecular formula is C26H31N7O. The average molecular weight is 458 g/mol. The topological polar surface area (TPSA) is 80.5 Å². The summed E-state index contributed by atoms with van der Waals surface area (Å²) in [7, 11) is 3.95. The van der Waals surface area contributed by atoms with Gasteiger partial charge in [0.15, 0.2) is 11.4 Å². The number of nitrogens with one attached hydrogen (secondary N) is 1. The summed E-state index contributed by atoms with van der Waals surface area (Å²) in [5.74, 6) is 4.14. The molecule has 1 N–H and O–H groups in total. The van der Waals surface area contributed by atoms with E-state index in [0.717, 1.165) is 54.9 Å². The molecular weight excluding hydrogens is 426 g/mol. The van der Waals surface area contributed by atoms with Gasteiger partial charge in [0.1, 0.15) is 11.5 Å². The first-order valence-corrected chi connectivity index (χ1v) is 11.7. The van der Waals surface area contributed by atoms with Gasteiger partial charge in [-0.05, 0) is 62.8 Å². The predicted molar refractivity (Wildman–Crippen MR) is 134 cm³/mol. The van der Waals surface area contributed by atoms with Gasteiger partial charge in [-0.1, -0.05) is 0 Å². The molecule has 1 fully saturated rings. The maximum absolute atomic E-state index is 6.17. The van der Waals surface area contributed by atoms with E-state index in [1.807, 2.05) is 57.0 Å². The number of nitrogens with zero attached hydrogens (tertiary/aromatic N) is 6. The van der Waals surface area contributed by atoms with Crippen LogP contribution >= 0.6 is 0 Å². The quantitative estimate of drug-likeness (QED) is 0.316. The molecule has 1 aliphatic rings. The Morgan fingerprint density at radius 1 is 1.21 bits per heavy atom. The minimum Gasteiger partial charge on any atom is -0.487 e. The molecule has 176 valence electrons. The number of rotatable bonds is 8. The van der Waals surface area contributed by atoms with Crippen LogP contribution in [-0.4, -0.2) is 56.2 Å². The number of hydrazone groups is 1. The second kappa shape index (κ2) is 10.8. The van der Waals surface area contributed by atoms with E-state index in [2.05, 4.69) is 38.2 Å². The van der Waals surface area contributed by atoms with Gasteiger partial charge in [0.25, 0.3) is 0 Å². The summed E-state index contributed by atoms with van der Waals surface area (Å²) in [4.78, 5) is 8.74. The van der Waals surface area contributed by atoms with Crippen LogP contribution in [0.3, 0.4) is 0 Å². The van der Waals surface area contributed by atoms with Crippen molar-refractivity contribution in [2.24, 2.45) is 12.1 Å². The van der Waals surface area contributed by atoms with Crippen molar-refractivity contribution in [1.29, 1.82) is 0 Å². The number of pyridine rings is 2. The van der Waals surface area contributed by atoms with Gasteiger partial charge >= 0.3 is 0 Å². The maximum Gasteiger partial charge on any atom is 0.154 e. The van der Waals surface area contributed by atoms with Crippen LogP contribution in [0.25, 0.3) is 0 Å². The predicted octanol–water partition coefficient (Wildman–Crippen LogP) is 3.70. The number of hydrogen-bond donors (Lipinski definition) is 1. The highest BCUT2D eigenvalue weighted by atomic mass is 16.5. The molecule has 4 rings (SSSR count). The number of anilines is 1. The van der Waals surface area contributed by atoms with Crippen LogP contribution in [-0.2, 0) is 7.05 Å². The third kappa shape index (κ3) is 5.54. The average Bonchev–Trinajstić information content (AvgIpc) is 3.30. The minimum absolute atomic E-state index is 0.130. The van der Waals surface area contributed by atoms with E-state index in [0.29, 0.717) is 17.5 Å². The Hall–Kier alpha value is -3.86. The first-order valence-electron chi connectivity index (χ1n) is 11.7. The Balaban J connectivity index is 1.46. The van der Waals surface area contributed by atoms with Crippen LogP contribution < -0.4 is 10.1 Å². The molecule has 3 aromatic heterocycles. The Bertz CT molecular complexity index is 1150. The SMILES string of the molecule is C#Cc1ncccc1OC1CCC(N(C)/N=C(\c2ccc(NCC)nc2)c2cnn(C)c2)CC1. The number of terminal acetylenes is 1. The number of aryl methyl sites for hydroxylation is 1. The summed E-state index contributed by atoms with van der Waals surface area (Å²) >= 11 is 0. The number of hydrogen-bond acceptors (Lipinski definition) is 7. The third-order valence-electron chi connectivity index (χ3n) is 6.00. The van der Waals surface area contributed by atoms with Crippen LogP contribution in [0.5, 0.6) is 5.75 Å². The minimum atomic E-state index is 0.130. The lowest BCUT2D eigenvalue weighted by atomic mass is 9.92. The first-order chi connectivity index (χ1) is 16.6. The van der Waals surface area contributed by atoms with Gasteiger partial charge in [-0.3, -0.25) is 9.69 Å². The van der Waals surface area contributed by atoms with Crippen LogP contribution in [0.4, 0.5) is 5.82 Å². The lowest BCUT2D eigenvalue weighted by molar-refractivity contribution is 0.102. The molecule has 0 spiro atoms. The second-order valence-corrected chi connectivity index (χ2v) is 8.43. The van der Waals surface area contributed by atoms with Crippen molar-refractivity contribution < 1.29 is 4.74 Å². The van der Waals surface area contributed by atoms with Crippen molar-refractivity contribution in [2.45, 2.75) is 44.8 Å². The molecule has 3 heterocycles. The molecule has 3 aromatic rings. The van der Waals surface area contributed by atoms with Crippen molar-refractivity contribution in [3.05, 3.63) is 65.9 Å². The first kappa shape index (κ1) is 23.3. The fourth-order valence-electron chi connectivity index (χ4n) is 4.20. The highest BCUT2D eigenvalue weighted by Gasteiger charge is 2.26. The zero-order valence-electron chi connectivity index (χ0n) is 20.0. The third-order valence-corrected chi connectivity index (χ3v) is 6.00. The fraction of sp³-hybridized carbons (Fsp3) is 0.385. The van der Waals surface area contributed by atoms with E-state index in [1.165, 1.54) is 0 Å². The van der Waals surface area contributed by atoms with E-state index < -0.39 is 0 Å². The normalized spacial score (nSPS) is 18.2. The van der Waals surface area contributed by atoms with Gasteiger partial charge in [0.2, 0.25) is 0 Å². The van der Waals surface area contributed by atoms with Crippen molar-refractivity contribution in [3.8, 4) is 18.1 Å². The molecule has 1 saturated carbocycles. The van der Waals surface area contributed by atoms with E-state index in [4.69, 9.17) is 16.3 Å². The molecule has 0 radical (unpaired) electrons. The molecule has 0 aromatic carbocycles. The molecule has 0 atom stereocenters. The van der Waals surface area contributed by atoms with Gasteiger partial charge in [0.05, 0.1) is 12.3 Å². The lowest BCUT2D eigenvalue weighted by Crippen LogP contribution is -2.36. The molecule has 8 nitrogen and oxygen atoms in total. The van der Waals surface area contributed by atoms with E-state index >= 15 is 0 Å². The van der Waals surface area contributed by atoms with Crippen molar-refractivity contribution >= 4 is 11.5 Å². The zero-order chi connectivity index (χ0) is 23.9. The molecule has 0 amide bonds. The highest BCUT2D eigenvalue weighted by molar-refractivity contribution is 6.12. The van der Waals surface area contributed by atoms with E-state index in [-0.39, 0.29) is 6.10 Å². The molecule has 0 bridgehead atoms. The lowest BCUT2D eigenvalue weighted by Gasteiger charge is -2.33. The molecule has 1 aliphatic carbocycles. The van der Waals surface area contributed by atoms with Crippen LogP contribution in [0.1, 0.15) is 49.4 Å². The van der Waals surface area contributed by atoms with Gasteiger partial charge in [-0.2, -0.15) is 10.2 Å². The Labute approximate surface area is 201 Å². The summed E-state index contributed by atoms with van der Waals surface area (Å²) < 4.78 is 7.96. The monoisotopic (exact) mass is 457 g/mol. The number of ether oxygens (including phenoxy) is 1. The summed E-state index contributed by atoms with van der Waals surface area (Å²) in [5.41, 5.74) is 3.33. The standard InChI is InChI=1S/C26H31N7O/c1-5-23-24(8-7-15-28-23)34-22-12-10-21(11-13-22)33(4)31-26(20-17-30-32(3)18-20)19-9-14-25(27-6-2)29-16-19/h1,7-9,14-18,21-22H,6,10-13H2,2-4H3,(H,27,29)/b31-26+. The summed E-state index contributed by atoms with van der Waals surface area (Å²) in [6, 6.07) is 8.09. The Morgan fingerprint density at radius 2 is 2.03 bits per heavy atom. The van der Waals surface area contributed by atoms with Crippen molar-refractivity contribution in [1.82, 2.24) is 24.8 Å². The van der Waals surface area contributed by atoms with E-state index in [9.17, 15) is 0 Å².